The van der Waals surface area contributed by atoms with E-state index in [2.05, 4.69) is 50.8 Å². The summed E-state index contributed by atoms with van der Waals surface area (Å²) in [6, 6.07) is 14.2. The Morgan fingerprint density at radius 3 is 2.45 bits per heavy atom. The molecular formula is C24H31N3O2. The fourth-order valence-corrected chi connectivity index (χ4v) is 3.75. The van der Waals surface area contributed by atoms with Crippen molar-refractivity contribution in [2.24, 2.45) is 5.10 Å². The van der Waals surface area contributed by atoms with Gasteiger partial charge in [-0.25, -0.2) is 5.01 Å². The largest absolute Gasteiger partial charge is 0.497 e. The second kappa shape index (κ2) is 9.23. The number of methoxy groups -OCH3 is 1. The molecule has 0 spiro atoms. The molecule has 154 valence electrons. The summed E-state index contributed by atoms with van der Waals surface area (Å²) in [6.45, 7) is 10.4. The Bertz CT molecular complexity index is 885. The number of amides is 1. The third-order valence-electron chi connectivity index (χ3n) is 5.62. The summed E-state index contributed by atoms with van der Waals surface area (Å²) in [4.78, 5) is 15.3. The Hall–Kier alpha value is -2.66. The van der Waals surface area contributed by atoms with Gasteiger partial charge in [-0.2, -0.15) is 5.10 Å². The number of carbonyl (C=O) groups is 1. The molecule has 0 saturated carbocycles. The van der Waals surface area contributed by atoms with Gasteiger partial charge in [-0.15, -0.1) is 0 Å². The molecule has 29 heavy (non-hydrogen) atoms. The molecule has 0 radical (unpaired) electrons. The molecule has 1 amide bonds. The summed E-state index contributed by atoms with van der Waals surface area (Å²) in [5, 5.41) is 6.52. The van der Waals surface area contributed by atoms with Crippen LogP contribution in [0.4, 0.5) is 0 Å². The first kappa shape index (κ1) is 21.1. The van der Waals surface area contributed by atoms with Crippen LogP contribution >= 0.6 is 0 Å². The first-order chi connectivity index (χ1) is 14.0. The molecule has 2 aromatic rings. The molecule has 0 saturated heterocycles. The number of hydrogen-bond acceptors (Lipinski definition) is 4. The Morgan fingerprint density at radius 1 is 1.14 bits per heavy atom. The van der Waals surface area contributed by atoms with Crippen LogP contribution in [0.2, 0.25) is 0 Å². The third-order valence-corrected chi connectivity index (χ3v) is 5.62. The number of ether oxygens (including phenoxy) is 1. The topological polar surface area (TPSA) is 45.1 Å². The number of nitrogens with zero attached hydrogens (tertiary/aromatic N) is 3. The lowest BCUT2D eigenvalue weighted by Crippen LogP contribution is -2.38. The second-order valence-electron chi connectivity index (χ2n) is 7.56. The molecule has 1 atom stereocenters. The summed E-state index contributed by atoms with van der Waals surface area (Å²) >= 11 is 0. The Morgan fingerprint density at radius 2 is 1.83 bits per heavy atom. The fraction of sp³-hybridized carbons (Fsp3) is 0.417. The van der Waals surface area contributed by atoms with Crippen molar-refractivity contribution < 1.29 is 9.53 Å². The van der Waals surface area contributed by atoms with Crippen molar-refractivity contribution in [1.82, 2.24) is 9.91 Å². The van der Waals surface area contributed by atoms with E-state index >= 15 is 0 Å². The van der Waals surface area contributed by atoms with Crippen LogP contribution in [0.1, 0.15) is 48.6 Å². The van der Waals surface area contributed by atoms with Gasteiger partial charge in [0.15, 0.2) is 0 Å². The van der Waals surface area contributed by atoms with E-state index in [0.29, 0.717) is 13.0 Å². The Labute approximate surface area is 174 Å². The standard InChI is InChI=1S/C24H31N3O2/c1-6-26(7-2)16-24(28)27-23(19-10-12-20(29-5)13-11-19)15-22(25-27)21-14-17(3)8-9-18(21)4/h8-14,23H,6-7,15-16H2,1-5H3. The maximum absolute atomic E-state index is 13.2. The number of hydrazone groups is 1. The first-order valence-corrected chi connectivity index (χ1v) is 10.3. The summed E-state index contributed by atoms with van der Waals surface area (Å²) in [5.41, 5.74) is 5.55. The summed E-state index contributed by atoms with van der Waals surface area (Å²) in [5.74, 6) is 0.846. The maximum atomic E-state index is 13.2. The molecule has 5 nitrogen and oxygen atoms in total. The van der Waals surface area contributed by atoms with E-state index in [1.807, 2.05) is 24.3 Å². The minimum atomic E-state index is -0.0983. The zero-order valence-electron chi connectivity index (χ0n) is 18.1. The average Bonchev–Trinajstić information content (AvgIpc) is 3.19. The van der Waals surface area contributed by atoms with Crippen molar-refractivity contribution in [2.75, 3.05) is 26.7 Å². The Kier molecular flexibility index (Phi) is 6.70. The summed E-state index contributed by atoms with van der Waals surface area (Å²) < 4.78 is 5.29. The minimum absolute atomic E-state index is 0.0369. The van der Waals surface area contributed by atoms with E-state index in [-0.39, 0.29) is 11.9 Å². The van der Waals surface area contributed by atoms with E-state index in [1.165, 1.54) is 11.1 Å². The monoisotopic (exact) mass is 393 g/mol. The van der Waals surface area contributed by atoms with Crippen molar-refractivity contribution >= 4 is 11.6 Å². The number of aryl methyl sites for hydroxylation is 2. The van der Waals surface area contributed by atoms with Crippen LogP contribution in [0.15, 0.2) is 47.6 Å². The van der Waals surface area contributed by atoms with Gasteiger partial charge in [0.05, 0.1) is 25.4 Å². The first-order valence-electron chi connectivity index (χ1n) is 10.3. The van der Waals surface area contributed by atoms with E-state index in [4.69, 9.17) is 9.84 Å². The van der Waals surface area contributed by atoms with Crippen LogP contribution in [0.25, 0.3) is 0 Å². The van der Waals surface area contributed by atoms with Crippen molar-refractivity contribution in [3.05, 3.63) is 64.7 Å². The van der Waals surface area contributed by atoms with E-state index in [9.17, 15) is 4.79 Å². The molecule has 0 bridgehead atoms. The molecule has 0 fully saturated rings. The SMILES string of the molecule is CCN(CC)CC(=O)N1N=C(c2cc(C)ccc2C)CC1c1ccc(OC)cc1. The zero-order valence-corrected chi connectivity index (χ0v) is 18.1. The molecule has 0 aliphatic carbocycles. The lowest BCUT2D eigenvalue weighted by atomic mass is 9.95. The zero-order chi connectivity index (χ0) is 21.0. The lowest BCUT2D eigenvalue weighted by molar-refractivity contribution is -0.134. The van der Waals surface area contributed by atoms with Gasteiger partial charge < -0.3 is 4.74 Å². The van der Waals surface area contributed by atoms with Crippen LogP contribution in [-0.2, 0) is 4.79 Å². The minimum Gasteiger partial charge on any atom is -0.497 e. The molecule has 3 rings (SSSR count). The van der Waals surface area contributed by atoms with Crippen molar-refractivity contribution in [2.45, 2.75) is 40.2 Å². The smallest absolute Gasteiger partial charge is 0.257 e. The highest BCUT2D eigenvalue weighted by atomic mass is 16.5. The normalized spacial score (nSPS) is 16.3. The molecular weight excluding hydrogens is 362 g/mol. The molecule has 0 aromatic heterocycles. The summed E-state index contributed by atoms with van der Waals surface area (Å²) in [6.07, 6.45) is 0.709. The highest BCUT2D eigenvalue weighted by Crippen LogP contribution is 2.34. The van der Waals surface area contributed by atoms with Gasteiger partial charge >= 0.3 is 0 Å². The van der Waals surface area contributed by atoms with Crippen molar-refractivity contribution in [3.63, 3.8) is 0 Å². The maximum Gasteiger partial charge on any atom is 0.257 e. The Balaban J connectivity index is 1.95. The molecule has 5 heteroatoms. The average molecular weight is 394 g/mol. The van der Waals surface area contributed by atoms with Gasteiger partial charge in [0.25, 0.3) is 5.91 Å². The number of benzene rings is 2. The molecule has 1 aliphatic rings. The number of rotatable bonds is 7. The highest BCUT2D eigenvalue weighted by molar-refractivity contribution is 6.04. The number of likely N-dealkylation sites (N-methyl/N-ethyl adjacent to an activating group) is 1. The van der Waals surface area contributed by atoms with Gasteiger partial charge in [-0.3, -0.25) is 9.69 Å². The molecule has 0 N–H and O–H groups in total. The van der Waals surface area contributed by atoms with Crippen LogP contribution < -0.4 is 4.74 Å². The van der Waals surface area contributed by atoms with Crippen LogP contribution in [0.3, 0.4) is 0 Å². The lowest BCUT2D eigenvalue weighted by Gasteiger charge is -2.25. The van der Waals surface area contributed by atoms with Gasteiger partial charge in [-0.1, -0.05) is 43.7 Å². The van der Waals surface area contributed by atoms with Gasteiger partial charge in [0.2, 0.25) is 0 Å². The predicted octanol–water partition coefficient (Wildman–Crippen LogP) is 4.33. The van der Waals surface area contributed by atoms with Crippen LogP contribution in [0, 0.1) is 13.8 Å². The third kappa shape index (κ3) is 4.67. The van der Waals surface area contributed by atoms with Crippen molar-refractivity contribution in [3.8, 4) is 5.75 Å². The van der Waals surface area contributed by atoms with E-state index < -0.39 is 0 Å². The second-order valence-corrected chi connectivity index (χ2v) is 7.56. The summed E-state index contributed by atoms with van der Waals surface area (Å²) in [7, 11) is 1.66. The number of carbonyl (C=O) groups excluding carboxylic acids is 1. The fourth-order valence-electron chi connectivity index (χ4n) is 3.75. The van der Waals surface area contributed by atoms with Crippen LogP contribution in [-0.4, -0.2) is 48.3 Å². The molecule has 2 aromatic carbocycles. The van der Waals surface area contributed by atoms with E-state index in [1.54, 1.807) is 12.1 Å². The molecule has 1 heterocycles. The predicted molar refractivity (Wildman–Crippen MR) is 117 cm³/mol. The van der Waals surface area contributed by atoms with Crippen LogP contribution in [0.5, 0.6) is 5.75 Å². The van der Waals surface area contributed by atoms with Gasteiger partial charge in [-0.05, 0) is 56.3 Å². The van der Waals surface area contributed by atoms with Gasteiger partial charge in [0.1, 0.15) is 5.75 Å². The number of hydrogen-bond donors (Lipinski definition) is 0. The van der Waals surface area contributed by atoms with Gasteiger partial charge in [0, 0.05) is 12.0 Å². The quantitative estimate of drug-likeness (QED) is 0.703. The van der Waals surface area contributed by atoms with E-state index in [0.717, 1.165) is 35.7 Å². The molecule has 1 unspecified atom stereocenters. The molecule has 1 aliphatic heterocycles. The highest BCUT2D eigenvalue weighted by Gasteiger charge is 2.33. The van der Waals surface area contributed by atoms with Crippen molar-refractivity contribution in [1.29, 1.82) is 0 Å².